The van der Waals surface area contributed by atoms with Crippen molar-refractivity contribution in [1.29, 1.82) is 0 Å². The van der Waals surface area contributed by atoms with Gasteiger partial charge < -0.3 is 10.3 Å². The summed E-state index contributed by atoms with van der Waals surface area (Å²) in [6, 6.07) is 17.3. The van der Waals surface area contributed by atoms with Gasteiger partial charge in [0, 0.05) is 12.0 Å². The third kappa shape index (κ3) is 3.37. The van der Waals surface area contributed by atoms with E-state index in [9.17, 15) is 4.57 Å². The third-order valence-corrected chi connectivity index (χ3v) is 5.24. The predicted molar refractivity (Wildman–Crippen MR) is 83.7 cm³/mol. The SMILES string of the molecule is CCO[P@](C)(=O)c1ccc(C(N)c2ccccc2)cc1. The smallest absolute Gasteiger partial charge is 0.229 e. The zero-order valence-electron chi connectivity index (χ0n) is 11.8. The second-order valence-corrected chi connectivity index (χ2v) is 7.21. The van der Waals surface area contributed by atoms with Crippen molar-refractivity contribution >= 4 is 12.7 Å². The molecule has 0 aliphatic heterocycles. The molecule has 2 atom stereocenters. The van der Waals surface area contributed by atoms with Crippen LogP contribution in [0.1, 0.15) is 24.1 Å². The standard InChI is InChI=1S/C16H20NO2P/c1-3-19-20(2,18)15-11-9-14(10-12-15)16(17)13-7-5-4-6-8-13/h4-12,16H,3,17H2,1-2H3/t16?,20-/m0/s1. The summed E-state index contributed by atoms with van der Waals surface area (Å²) in [5.41, 5.74) is 8.29. The van der Waals surface area contributed by atoms with Crippen LogP contribution in [-0.2, 0) is 9.09 Å². The number of benzene rings is 2. The van der Waals surface area contributed by atoms with Crippen LogP contribution < -0.4 is 11.0 Å². The van der Waals surface area contributed by atoms with E-state index < -0.39 is 7.37 Å². The van der Waals surface area contributed by atoms with Crippen molar-refractivity contribution in [3.63, 3.8) is 0 Å². The number of hydrogen-bond donors (Lipinski definition) is 1. The van der Waals surface area contributed by atoms with Crippen molar-refractivity contribution in [2.24, 2.45) is 5.73 Å². The van der Waals surface area contributed by atoms with Crippen molar-refractivity contribution in [2.45, 2.75) is 13.0 Å². The average Bonchev–Trinajstić information content (AvgIpc) is 2.47. The molecule has 0 saturated carbocycles. The highest BCUT2D eigenvalue weighted by molar-refractivity contribution is 7.66. The molecule has 0 fully saturated rings. The molecule has 1 unspecified atom stereocenters. The second-order valence-electron chi connectivity index (χ2n) is 4.74. The molecule has 0 aromatic heterocycles. The lowest BCUT2D eigenvalue weighted by atomic mass is 10.00. The van der Waals surface area contributed by atoms with Crippen LogP contribution in [0.4, 0.5) is 0 Å². The number of hydrogen-bond acceptors (Lipinski definition) is 3. The molecule has 0 bridgehead atoms. The van der Waals surface area contributed by atoms with Crippen LogP contribution in [0.25, 0.3) is 0 Å². The molecule has 2 aromatic carbocycles. The zero-order chi connectivity index (χ0) is 14.6. The van der Waals surface area contributed by atoms with E-state index in [1.54, 1.807) is 6.66 Å². The van der Waals surface area contributed by atoms with E-state index in [0.29, 0.717) is 6.61 Å². The highest BCUT2D eigenvalue weighted by Crippen LogP contribution is 2.41. The van der Waals surface area contributed by atoms with Crippen molar-refractivity contribution in [3.8, 4) is 0 Å². The third-order valence-electron chi connectivity index (χ3n) is 3.26. The van der Waals surface area contributed by atoms with Crippen LogP contribution in [0.5, 0.6) is 0 Å². The fourth-order valence-corrected chi connectivity index (χ4v) is 3.46. The molecule has 0 saturated heterocycles. The Kier molecular flexibility index (Phi) is 4.77. The molecular formula is C16H20NO2P. The van der Waals surface area contributed by atoms with Crippen molar-refractivity contribution in [2.75, 3.05) is 13.3 Å². The van der Waals surface area contributed by atoms with Gasteiger partial charge in [-0.1, -0.05) is 42.5 Å². The molecule has 106 valence electrons. The van der Waals surface area contributed by atoms with Gasteiger partial charge in [0.2, 0.25) is 7.37 Å². The Morgan fingerprint density at radius 3 is 2.15 bits per heavy atom. The lowest BCUT2D eigenvalue weighted by Gasteiger charge is -2.16. The molecule has 2 N–H and O–H groups in total. The summed E-state index contributed by atoms with van der Waals surface area (Å²) in [5, 5.41) is 0.725. The van der Waals surface area contributed by atoms with Crippen LogP contribution in [0.2, 0.25) is 0 Å². The maximum Gasteiger partial charge on any atom is 0.229 e. The maximum absolute atomic E-state index is 12.3. The van der Waals surface area contributed by atoms with E-state index >= 15 is 0 Å². The molecule has 0 spiro atoms. The Balaban J connectivity index is 2.23. The largest absolute Gasteiger partial charge is 0.326 e. The minimum Gasteiger partial charge on any atom is -0.326 e. The molecule has 0 aliphatic rings. The summed E-state index contributed by atoms with van der Waals surface area (Å²) >= 11 is 0. The molecule has 20 heavy (non-hydrogen) atoms. The van der Waals surface area contributed by atoms with E-state index in [2.05, 4.69) is 0 Å². The topological polar surface area (TPSA) is 52.3 Å². The Morgan fingerprint density at radius 2 is 1.60 bits per heavy atom. The van der Waals surface area contributed by atoms with E-state index in [-0.39, 0.29) is 6.04 Å². The summed E-state index contributed by atoms with van der Waals surface area (Å²) in [6.07, 6.45) is 0. The minimum absolute atomic E-state index is 0.173. The lowest BCUT2D eigenvalue weighted by Crippen LogP contribution is -2.13. The first kappa shape index (κ1) is 15.0. The van der Waals surface area contributed by atoms with Gasteiger partial charge in [-0.2, -0.15) is 0 Å². The Labute approximate surface area is 120 Å². The second kappa shape index (κ2) is 6.36. The monoisotopic (exact) mass is 289 g/mol. The van der Waals surface area contributed by atoms with Gasteiger partial charge in [0.1, 0.15) is 0 Å². The molecule has 0 radical (unpaired) electrons. The quantitative estimate of drug-likeness (QED) is 0.859. The first-order valence-corrected chi connectivity index (χ1v) is 8.75. The van der Waals surface area contributed by atoms with Gasteiger partial charge in [-0.3, -0.25) is 4.57 Å². The van der Waals surface area contributed by atoms with Gasteiger partial charge in [-0.15, -0.1) is 0 Å². The van der Waals surface area contributed by atoms with Gasteiger partial charge in [-0.25, -0.2) is 0 Å². The molecule has 3 nitrogen and oxygen atoms in total. The van der Waals surface area contributed by atoms with Gasteiger partial charge in [0.05, 0.1) is 12.6 Å². The highest BCUT2D eigenvalue weighted by Gasteiger charge is 2.18. The molecule has 2 aromatic rings. The summed E-state index contributed by atoms with van der Waals surface area (Å²) in [5.74, 6) is 0. The Bertz CT molecular complexity index is 596. The van der Waals surface area contributed by atoms with Gasteiger partial charge in [-0.05, 0) is 30.2 Å². The molecular weight excluding hydrogens is 269 g/mol. The van der Waals surface area contributed by atoms with Crippen LogP contribution in [-0.4, -0.2) is 13.3 Å². The number of nitrogens with two attached hydrogens (primary N) is 1. The van der Waals surface area contributed by atoms with Gasteiger partial charge in [0.25, 0.3) is 0 Å². The first-order valence-electron chi connectivity index (χ1n) is 6.67. The summed E-state index contributed by atoms with van der Waals surface area (Å²) < 4.78 is 17.6. The first-order chi connectivity index (χ1) is 9.54. The maximum atomic E-state index is 12.3. The van der Waals surface area contributed by atoms with Crippen molar-refractivity contribution < 1.29 is 9.09 Å². The zero-order valence-corrected chi connectivity index (χ0v) is 12.7. The number of rotatable bonds is 5. The van der Waals surface area contributed by atoms with Crippen molar-refractivity contribution in [3.05, 3.63) is 65.7 Å². The Morgan fingerprint density at radius 1 is 1.05 bits per heavy atom. The van der Waals surface area contributed by atoms with Crippen LogP contribution >= 0.6 is 7.37 Å². The van der Waals surface area contributed by atoms with E-state index in [1.807, 2.05) is 61.5 Å². The summed E-state index contributed by atoms with van der Waals surface area (Å²) in [7, 11) is -2.71. The van der Waals surface area contributed by atoms with Crippen LogP contribution in [0.3, 0.4) is 0 Å². The molecule has 0 aliphatic carbocycles. The van der Waals surface area contributed by atoms with Gasteiger partial charge in [0.15, 0.2) is 0 Å². The average molecular weight is 289 g/mol. The van der Waals surface area contributed by atoms with E-state index in [0.717, 1.165) is 16.4 Å². The molecule has 4 heteroatoms. The van der Waals surface area contributed by atoms with Crippen LogP contribution in [0, 0.1) is 0 Å². The minimum atomic E-state index is -2.71. The predicted octanol–water partition coefficient (Wildman–Crippen LogP) is 3.30. The summed E-state index contributed by atoms with van der Waals surface area (Å²) in [4.78, 5) is 0. The normalized spacial score (nSPS) is 15.6. The lowest BCUT2D eigenvalue weighted by molar-refractivity contribution is 0.345. The van der Waals surface area contributed by atoms with Crippen molar-refractivity contribution in [1.82, 2.24) is 0 Å². The van der Waals surface area contributed by atoms with E-state index in [4.69, 9.17) is 10.3 Å². The summed E-state index contributed by atoms with van der Waals surface area (Å²) in [6.45, 7) is 3.93. The highest BCUT2D eigenvalue weighted by atomic mass is 31.2. The fraction of sp³-hybridized carbons (Fsp3) is 0.250. The Hall–Kier alpha value is -1.41. The molecule has 2 rings (SSSR count). The molecule has 0 heterocycles. The molecule has 0 amide bonds. The van der Waals surface area contributed by atoms with E-state index in [1.165, 1.54) is 0 Å². The van der Waals surface area contributed by atoms with Gasteiger partial charge >= 0.3 is 0 Å². The fourth-order valence-electron chi connectivity index (χ4n) is 2.13. The van der Waals surface area contributed by atoms with Crippen LogP contribution in [0.15, 0.2) is 54.6 Å².